The zero-order valence-electron chi connectivity index (χ0n) is 15.3. The fourth-order valence-corrected chi connectivity index (χ4v) is 2.77. The van der Waals surface area contributed by atoms with Gasteiger partial charge in [0.25, 0.3) is 5.91 Å². The van der Waals surface area contributed by atoms with E-state index in [2.05, 4.69) is 24.1 Å². The number of hydrogen-bond donors (Lipinski definition) is 2. The molecule has 0 radical (unpaired) electrons. The highest BCUT2D eigenvalue weighted by atomic mass is 16.5. The van der Waals surface area contributed by atoms with Gasteiger partial charge in [0.1, 0.15) is 0 Å². The van der Waals surface area contributed by atoms with Gasteiger partial charge in [-0.2, -0.15) is 0 Å². The molecule has 5 nitrogen and oxygen atoms in total. The van der Waals surface area contributed by atoms with E-state index in [1.807, 2.05) is 37.4 Å². The van der Waals surface area contributed by atoms with Gasteiger partial charge in [-0.25, -0.2) is 0 Å². The molecule has 0 aliphatic rings. The summed E-state index contributed by atoms with van der Waals surface area (Å²) in [5.41, 5.74) is 2.14. The van der Waals surface area contributed by atoms with Crippen LogP contribution in [0.25, 0.3) is 10.9 Å². The minimum Gasteiger partial charge on any atom is -0.456 e. The van der Waals surface area contributed by atoms with Crippen molar-refractivity contribution in [1.29, 1.82) is 0 Å². The summed E-state index contributed by atoms with van der Waals surface area (Å²) in [6, 6.07) is 8.07. The third-order valence-corrected chi connectivity index (χ3v) is 4.22. The highest BCUT2D eigenvalue weighted by molar-refractivity contribution is 5.84. The van der Waals surface area contributed by atoms with Crippen molar-refractivity contribution < 1.29 is 14.3 Å². The molecule has 1 atom stereocenters. The number of benzene rings is 1. The Labute approximate surface area is 149 Å². The number of fused-ring (bicyclic) bond motifs is 1. The van der Waals surface area contributed by atoms with Gasteiger partial charge in [-0.3, -0.25) is 9.59 Å². The number of carbonyl (C=O) groups is 2. The van der Waals surface area contributed by atoms with Gasteiger partial charge in [-0.15, -0.1) is 0 Å². The molecule has 0 spiro atoms. The van der Waals surface area contributed by atoms with E-state index in [1.165, 1.54) is 0 Å². The molecule has 2 N–H and O–H groups in total. The van der Waals surface area contributed by atoms with E-state index in [0.717, 1.165) is 29.3 Å². The Morgan fingerprint density at radius 1 is 1.16 bits per heavy atom. The van der Waals surface area contributed by atoms with Crippen molar-refractivity contribution in [3.8, 4) is 0 Å². The number of para-hydroxylation sites is 1. The van der Waals surface area contributed by atoms with Crippen molar-refractivity contribution in [3.63, 3.8) is 0 Å². The van der Waals surface area contributed by atoms with E-state index in [0.29, 0.717) is 12.3 Å². The fourth-order valence-electron chi connectivity index (χ4n) is 2.77. The maximum Gasteiger partial charge on any atom is 0.306 e. The third-order valence-electron chi connectivity index (χ3n) is 4.22. The molecule has 0 bridgehead atoms. The Hall–Kier alpha value is -2.30. The first-order chi connectivity index (χ1) is 12.0. The average molecular weight is 344 g/mol. The van der Waals surface area contributed by atoms with Gasteiger partial charge >= 0.3 is 5.97 Å². The van der Waals surface area contributed by atoms with E-state index >= 15 is 0 Å². The largest absolute Gasteiger partial charge is 0.456 e. The minimum absolute atomic E-state index is 0.0971. The summed E-state index contributed by atoms with van der Waals surface area (Å²) in [7, 11) is 0. The summed E-state index contributed by atoms with van der Waals surface area (Å²) >= 11 is 0. The number of nitrogens with one attached hydrogen (secondary N) is 2. The number of amides is 1. The van der Waals surface area contributed by atoms with Crippen LogP contribution in [0.5, 0.6) is 0 Å². The molecule has 2 aromatic rings. The van der Waals surface area contributed by atoms with Crippen molar-refractivity contribution in [3.05, 3.63) is 36.0 Å². The van der Waals surface area contributed by atoms with Crippen molar-refractivity contribution in [2.45, 2.75) is 52.5 Å². The second-order valence-corrected chi connectivity index (χ2v) is 6.96. The van der Waals surface area contributed by atoms with Crippen LogP contribution in [-0.2, 0) is 20.7 Å². The quantitative estimate of drug-likeness (QED) is 0.683. The SMILES string of the molecule is CC(C)CC[C@H](C)NC(=O)COC(=O)CCc1c[nH]c2ccccc12. The summed E-state index contributed by atoms with van der Waals surface area (Å²) in [5, 5.41) is 3.98. The lowest BCUT2D eigenvalue weighted by molar-refractivity contribution is -0.148. The van der Waals surface area contributed by atoms with Crippen LogP contribution < -0.4 is 5.32 Å². The smallest absolute Gasteiger partial charge is 0.306 e. The molecule has 25 heavy (non-hydrogen) atoms. The Balaban J connectivity index is 1.69. The monoisotopic (exact) mass is 344 g/mol. The third kappa shape index (κ3) is 6.25. The van der Waals surface area contributed by atoms with Gasteiger partial charge in [-0.05, 0) is 43.7 Å². The highest BCUT2D eigenvalue weighted by Crippen LogP contribution is 2.19. The second-order valence-electron chi connectivity index (χ2n) is 6.96. The number of aryl methyl sites for hydroxylation is 1. The van der Waals surface area contributed by atoms with Gasteiger partial charge in [0.05, 0.1) is 0 Å². The molecule has 0 aliphatic carbocycles. The fraction of sp³-hybridized carbons (Fsp3) is 0.500. The Kier molecular flexibility index (Phi) is 7.04. The number of H-pyrrole nitrogens is 1. The standard InChI is InChI=1S/C20H28N2O3/c1-14(2)8-9-15(3)22-19(23)13-25-20(24)11-10-16-12-21-18-7-5-4-6-17(16)18/h4-7,12,14-15,21H,8-11,13H2,1-3H3,(H,22,23)/t15-/m0/s1. The van der Waals surface area contributed by atoms with Crippen LogP contribution >= 0.6 is 0 Å². The first-order valence-corrected chi connectivity index (χ1v) is 8.95. The van der Waals surface area contributed by atoms with Gasteiger partial charge in [-0.1, -0.05) is 32.0 Å². The molecule has 0 fully saturated rings. The van der Waals surface area contributed by atoms with Crippen molar-refractivity contribution in [2.24, 2.45) is 5.92 Å². The lowest BCUT2D eigenvalue weighted by atomic mass is 10.0. The average Bonchev–Trinajstić information content (AvgIpc) is 2.99. The zero-order valence-corrected chi connectivity index (χ0v) is 15.3. The Bertz CT molecular complexity index is 706. The van der Waals surface area contributed by atoms with Crippen LogP contribution in [0.3, 0.4) is 0 Å². The predicted molar refractivity (Wildman–Crippen MR) is 99.3 cm³/mol. The summed E-state index contributed by atoms with van der Waals surface area (Å²) < 4.78 is 5.08. The number of carbonyl (C=O) groups excluding carboxylic acids is 2. The summed E-state index contributed by atoms with van der Waals surface area (Å²) in [6.45, 7) is 6.08. The number of ether oxygens (including phenoxy) is 1. The van der Waals surface area contributed by atoms with Gasteiger partial charge in [0.2, 0.25) is 0 Å². The molecule has 0 aliphatic heterocycles. The van der Waals surface area contributed by atoms with Gasteiger partial charge < -0.3 is 15.0 Å². The maximum atomic E-state index is 11.9. The molecular weight excluding hydrogens is 316 g/mol. The molecular formula is C20H28N2O3. The number of rotatable bonds is 9. The molecule has 136 valence electrons. The number of esters is 1. The summed E-state index contributed by atoms with van der Waals surface area (Å²) in [5.74, 6) is 0.0219. The van der Waals surface area contributed by atoms with E-state index in [4.69, 9.17) is 4.74 Å². The van der Waals surface area contributed by atoms with Gasteiger partial charge in [0, 0.05) is 29.6 Å². The van der Waals surface area contributed by atoms with E-state index in [-0.39, 0.29) is 30.9 Å². The molecule has 1 aromatic carbocycles. The molecule has 1 aromatic heterocycles. The minimum atomic E-state index is -0.352. The molecule has 0 unspecified atom stereocenters. The number of hydrogen-bond acceptors (Lipinski definition) is 3. The summed E-state index contributed by atoms with van der Waals surface area (Å²) in [4.78, 5) is 26.9. The van der Waals surface area contributed by atoms with Crippen molar-refractivity contribution in [1.82, 2.24) is 10.3 Å². The normalized spacial score (nSPS) is 12.3. The van der Waals surface area contributed by atoms with E-state index in [1.54, 1.807) is 0 Å². The zero-order chi connectivity index (χ0) is 18.2. The van der Waals surface area contributed by atoms with Crippen LogP contribution in [0.1, 0.15) is 45.6 Å². The van der Waals surface area contributed by atoms with Crippen LogP contribution in [0.15, 0.2) is 30.5 Å². The lowest BCUT2D eigenvalue weighted by Crippen LogP contribution is -2.36. The Morgan fingerprint density at radius 3 is 2.68 bits per heavy atom. The van der Waals surface area contributed by atoms with Crippen molar-refractivity contribution in [2.75, 3.05) is 6.61 Å². The summed E-state index contributed by atoms with van der Waals surface area (Å²) in [6.07, 6.45) is 4.76. The van der Waals surface area contributed by atoms with E-state index in [9.17, 15) is 9.59 Å². The molecule has 1 amide bonds. The van der Waals surface area contributed by atoms with Crippen LogP contribution in [0.2, 0.25) is 0 Å². The predicted octanol–water partition coefficient (Wildman–Crippen LogP) is 3.58. The van der Waals surface area contributed by atoms with Crippen molar-refractivity contribution >= 4 is 22.8 Å². The molecule has 1 heterocycles. The first-order valence-electron chi connectivity index (χ1n) is 8.95. The highest BCUT2D eigenvalue weighted by Gasteiger charge is 2.12. The first kappa shape index (κ1) is 19.0. The Morgan fingerprint density at radius 2 is 1.92 bits per heavy atom. The van der Waals surface area contributed by atoms with Gasteiger partial charge in [0.15, 0.2) is 6.61 Å². The second kappa shape index (κ2) is 9.25. The molecule has 0 saturated carbocycles. The van der Waals surface area contributed by atoms with E-state index < -0.39 is 0 Å². The number of aromatic nitrogens is 1. The lowest BCUT2D eigenvalue weighted by Gasteiger charge is -2.15. The van der Waals surface area contributed by atoms with Crippen LogP contribution in [0.4, 0.5) is 0 Å². The number of aromatic amines is 1. The maximum absolute atomic E-state index is 11.9. The van der Waals surface area contributed by atoms with Crippen LogP contribution in [-0.4, -0.2) is 29.5 Å². The topological polar surface area (TPSA) is 71.2 Å². The molecule has 2 rings (SSSR count). The molecule has 5 heteroatoms. The molecule has 0 saturated heterocycles. The van der Waals surface area contributed by atoms with Crippen LogP contribution in [0, 0.1) is 5.92 Å².